The Morgan fingerprint density at radius 2 is 2.53 bits per heavy atom. The van der Waals surface area contributed by atoms with Gasteiger partial charge >= 0.3 is 0 Å². The molecule has 1 aromatic rings. The Morgan fingerprint density at radius 1 is 1.67 bits per heavy atom. The average Bonchev–Trinajstić information content (AvgIpc) is 2.64. The van der Waals surface area contributed by atoms with Crippen LogP contribution >= 0.6 is 0 Å². The van der Waals surface area contributed by atoms with Crippen LogP contribution in [0.4, 0.5) is 0 Å². The van der Waals surface area contributed by atoms with Crippen LogP contribution in [0.2, 0.25) is 0 Å². The van der Waals surface area contributed by atoms with Gasteiger partial charge in [-0.05, 0) is 6.92 Å². The van der Waals surface area contributed by atoms with Gasteiger partial charge in [0.1, 0.15) is 5.76 Å². The first kappa shape index (κ1) is 10.6. The van der Waals surface area contributed by atoms with Crippen LogP contribution < -0.4 is 5.73 Å². The maximum Gasteiger partial charge on any atom is 0.133 e. The summed E-state index contributed by atoms with van der Waals surface area (Å²) in [7, 11) is 0. The quantitative estimate of drug-likeness (QED) is 0.770. The molecule has 1 atom stereocenters. The van der Waals surface area contributed by atoms with Gasteiger partial charge in [0.2, 0.25) is 0 Å². The van der Waals surface area contributed by atoms with E-state index < -0.39 is 0 Å². The lowest BCUT2D eigenvalue weighted by Crippen LogP contribution is -2.45. The van der Waals surface area contributed by atoms with E-state index in [1.807, 2.05) is 13.0 Å². The number of rotatable bonds is 3. The Labute approximate surface area is 89.2 Å². The van der Waals surface area contributed by atoms with Crippen LogP contribution in [-0.2, 0) is 11.3 Å². The Bertz CT molecular complexity index is 313. The fraction of sp³-hybridized carbons (Fsp3) is 0.700. The SMILES string of the molecule is Cc1cc(CN2CCOC(CN)C2)no1. The van der Waals surface area contributed by atoms with Crippen LogP contribution in [0.15, 0.2) is 10.6 Å². The molecule has 1 aromatic heterocycles. The number of aryl methyl sites for hydroxylation is 1. The van der Waals surface area contributed by atoms with E-state index in [4.69, 9.17) is 15.0 Å². The third kappa shape index (κ3) is 2.77. The molecule has 5 heteroatoms. The van der Waals surface area contributed by atoms with Gasteiger partial charge in [-0.3, -0.25) is 4.90 Å². The van der Waals surface area contributed by atoms with Gasteiger partial charge in [-0.25, -0.2) is 0 Å². The molecule has 1 aliphatic heterocycles. The molecule has 1 fully saturated rings. The summed E-state index contributed by atoms with van der Waals surface area (Å²) in [5, 5.41) is 3.97. The van der Waals surface area contributed by atoms with Crippen LogP contribution in [-0.4, -0.2) is 42.4 Å². The first-order valence-corrected chi connectivity index (χ1v) is 5.24. The molecule has 2 N–H and O–H groups in total. The van der Waals surface area contributed by atoms with Crippen molar-refractivity contribution in [1.29, 1.82) is 0 Å². The fourth-order valence-corrected chi connectivity index (χ4v) is 1.79. The average molecular weight is 211 g/mol. The van der Waals surface area contributed by atoms with Gasteiger partial charge < -0.3 is 15.0 Å². The molecule has 0 saturated carbocycles. The Kier molecular flexibility index (Phi) is 3.35. The van der Waals surface area contributed by atoms with Crippen molar-refractivity contribution in [3.8, 4) is 0 Å². The smallest absolute Gasteiger partial charge is 0.133 e. The number of ether oxygens (including phenoxy) is 1. The summed E-state index contributed by atoms with van der Waals surface area (Å²) >= 11 is 0. The van der Waals surface area contributed by atoms with Gasteiger partial charge in [-0.2, -0.15) is 0 Å². The fourth-order valence-electron chi connectivity index (χ4n) is 1.79. The molecule has 0 aliphatic carbocycles. The van der Waals surface area contributed by atoms with E-state index in [0.717, 1.165) is 37.7 Å². The van der Waals surface area contributed by atoms with Crippen LogP contribution in [0.25, 0.3) is 0 Å². The molecule has 0 amide bonds. The second-order valence-electron chi connectivity index (χ2n) is 3.89. The second-order valence-corrected chi connectivity index (χ2v) is 3.89. The van der Waals surface area contributed by atoms with Crippen molar-refractivity contribution in [1.82, 2.24) is 10.1 Å². The molecular formula is C10H17N3O2. The van der Waals surface area contributed by atoms with Crippen molar-refractivity contribution in [3.63, 3.8) is 0 Å². The van der Waals surface area contributed by atoms with Gasteiger partial charge in [0.05, 0.1) is 18.4 Å². The summed E-state index contributed by atoms with van der Waals surface area (Å²) in [6, 6.07) is 1.97. The maximum atomic E-state index is 5.58. The van der Waals surface area contributed by atoms with Crippen LogP contribution in [0.5, 0.6) is 0 Å². The normalized spacial score (nSPS) is 23.2. The monoisotopic (exact) mass is 211 g/mol. The van der Waals surface area contributed by atoms with E-state index in [9.17, 15) is 0 Å². The van der Waals surface area contributed by atoms with Crippen molar-refractivity contribution in [2.75, 3.05) is 26.2 Å². The van der Waals surface area contributed by atoms with E-state index in [1.54, 1.807) is 0 Å². The predicted octanol–water partition coefficient (Wildman–Crippen LogP) is 0.143. The maximum absolute atomic E-state index is 5.58. The van der Waals surface area contributed by atoms with Gasteiger partial charge in [-0.1, -0.05) is 5.16 Å². The van der Waals surface area contributed by atoms with Crippen molar-refractivity contribution in [2.24, 2.45) is 5.73 Å². The van der Waals surface area contributed by atoms with Crippen molar-refractivity contribution < 1.29 is 9.26 Å². The second kappa shape index (κ2) is 4.74. The number of nitrogens with zero attached hydrogens (tertiary/aromatic N) is 2. The molecule has 15 heavy (non-hydrogen) atoms. The summed E-state index contributed by atoms with van der Waals surface area (Å²) in [4.78, 5) is 2.29. The Hall–Kier alpha value is -0.910. The molecule has 1 saturated heterocycles. The molecule has 0 bridgehead atoms. The number of aromatic nitrogens is 1. The lowest BCUT2D eigenvalue weighted by atomic mass is 10.2. The first-order valence-electron chi connectivity index (χ1n) is 5.24. The highest BCUT2D eigenvalue weighted by atomic mass is 16.5. The molecule has 0 spiro atoms. The van der Waals surface area contributed by atoms with Gasteiger partial charge in [-0.15, -0.1) is 0 Å². The minimum Gasteiger partial charge on any atom is -0.374 e. The van der Waals surface area contributed by atoms with Gasteiger partial charge in [0.15, 0.2) is 0 Å². The standard InChI is InChI=1S/C10H17N3O2/c1-8-4-9(12-15-8)6-13-2-3-14-10(5-11)7-13/h4,10H,2-3,5-7,11H2,1H3. The van der Waals surface area contributed by atoms with E-state index in [1.165, 1.54) is 0 Å². The summed E-state index contributed by atoms with van der Waals surface area (Å²) in [5.74, 6) is 0.855. The predicted molar refractivity (Wildman–Crippen MR) is 55.3 cm³/mol. The molecule has 84 valence electrons. The van der Waals surface area contributed by atoms with Crippen molar-refractivity contribution in [2.45, 2.75) is 19.6 Å². The molecule has 1 unspecified atom stereocenters. The molecule has 2 rings (SSSR count). The summed E-state index contributed by atoms with van der Waals surface area (Å²) in [5.41, 5.74) is 6.55. The molecule has 0 radical (unpaired) electrons. The third-order valence-electron chi connectivity index (χ3n) is 2.55. The Balaban J connectivity index is 1.88. The topological polar surface area (TPSA) is 64.5 Å². The zero-order chi connectivity index (χ0) is 10.7. The summed E-state index contributed by atoms with van der Waals surface area (Å²) in [6.45, 7) is 5.85. The summed E-state index contributed by atoms with van der Waals surface area (Å²) in [6.07, 6.45) is 0.159. The first-order chi connectivity index (χ1) is 7.28. The third-order valence-corrected chi connectivity index (χ3v) is 2.55. The van der Waals surface area contributed by atoms with Crippen LogP contribution in [0.3, 0.4) is 0 Å². The van der Waals surface area contributed by atoms with E-state index >= 15 is 0 Å². The van der Waals surface area contributed by atoms with Gasteiger partial charge in [0.25, 0.3) is 0 Å². The number of morpholine rings is 1. The lowest BCUT2D eigenvalue weighted by Gasteiger charge is -2.31. The zero-order valence-corrected chi connectivity index (χ0v) is 8.98. The minimum atomic E-state index is 0.159. The number of hydrogen-bond acceptors (Lipinski definition) is 5. The Morgan fingerprint density at radius 3 is 3.20 bits per heavy atom. The van der Waals surface area contributed by atoms with E-state index in [-0.39, 0.29) is 6.10 Å². The van der Waals surface area contributed by atoms with E-state index in [0.29, 0.717) is 6.54 Å². The lowest BCUT2D eigenvalue weighted by molar-refractivity contribution is -0.0266. The highest BCUT2D eigenvalue weighted by molar-refractivity contribution is 5.03. The van der Waals surface area contributed by atoms with Crippen LogP contribution in [0.1, 0.15) is 11.5 Å². The largest absolute Gasteiger partial charge is 0.374 e. The number of hydrogen-bond donors (Lipinski definition) is 1. The molecule has 1 aliphatic rings. The molecule has 0 aromatic carbocycles. The summed E-state index contributed by atoms with van der Waals surface area (Å²) < 4.78 is 10.5. The molecular weight excluding hydrogens is 194 g/mol. The highest BCUT2D eigenvalue weighted by Crippen LogP contribution is 2.10. The highest BCUT2D eigenvalue weighted by Gasteiger charge is 2.19. The van der Waals surface area contributed by atoms with Crippen molar-refractivity contribution in [3.05, 3.63) is 17.5 Å². The van der Waals surface area contributed by atoms with Crippen LogP contribution in [0, 0.1) is 6.92 Å². The molecule has 5 nitrogen and oxygen atoms in total. The van der Waals surface area contributed by atoms with E-state index in [2.05, 4.69) is 10.1 Å². The van der Waals surface area contributed by atoms with Gasteiger partial charge in [0, 0.05) is 32.2 Å². The zero-order valence-electron chi connectivity index (χ0n) is 8.98. The van der Waals surface area contributed by atoms with Crippen molar-refractivity contribution >= 4 is 0 Å². The minimum absolute atomic E-state index is 0.159. The molecule has 2 heterocycles. The number of nitrogens with two attached hydrogens (primary N) is 1.